The standard InChI is InChI=1S/C28H30Cl2N2O4S/c1-4-37(35,36)21-8-5-7-20(15-21)19-11-13-28(18-33,14-12-19)32-17-25(27(2,3)34)31-26(32)16-22-23(29)9-6-10-24(22)30/h5-13,15,17,33-34H,4,14,16,18H2,1-3H3. The Labute approximate surface area is 227 Å². The van der Waals surface area contributed by atoms with E-state index >= 15 is 0 Å². The number of aliphatic hydroxyl groups excluding tert-OH is 1. The molecular weight excluding hydrogens is 531 g/mol. The molecule has 2 N–H and O–H groups in total. The molecule has 0 bridgehead atoms. The summed E-state index contributed by atoms with van der Waals surface area (Å²) in [6, 6.07) is 12.2. The average molecular weight is 562 g/mol. The van der Waals surface area contributed by atoms with Crippen LogP contribution in [0, 0.1) is 0 Å². The second-order valence-electron chi connectivity index (χ2n) is 9.74. The summed E-state index contributed by atoms with van der Waals surface area (Å²) < 4.78 is 26.6. The van der Waals surface area contributed by atoms with E-state index in [1.165, 1.54) is 0 Å². The molecule has 196 valence electrons. The fourth-order valence-electron chi connectivity index (χ4n) is 4.37. The predicted molar refractivity (Wildman–Crippen MR) is 148 cm³/mol. The maximum atomic E-state index is 12.4. The summed E-state index contributed by atoms with van der Waals surface area (Å²) in [5.74, 6) is 0.625. The number of aromatic nitrogens is 2. The molecule has 0 aliphatic heterocycles. The lowest BCUT2D eigenvalue weighted by molar-refractivity contribution is 0.0738. The second kappa shape index (κ2) is 10.4. The van der Waals surface area contributed by atoms with Crippen LogP contribution >= 0.6 is 23.2 Å². The van der Waals surface area contributed by atoms with E-state index in [0.29, 0.717) is 40.0 Å². The number of aliphatic hydroxyl groups is 2. The molecule has 4 rings (SSSR count). The number of halogens is 2. The topological polar surface area (TPSA) is 92.4 Å². The molecule has 0 radical (unpaired) electrons. The van der Waals surface area contributed by atoms with Gasteiger partial charge in [-0.05, 0) is 61.2 Å². The van der Waals surface area contributed by atoms with E-state index in [9.17, 15) is 18.6 Å². The minimum atomic E-state index is -3.33. The summed E-state index contributed by atoms with van der Waals surface area (Å²) in [6.45, 7) is 4.72. The van der Waals surface area contributed by atoms with Gasteiger partial charge in [-0.3, -0.25) is 0 Å². The molecule has 1 aromatic heterocycles. The molecule has 37 heavy (non-hydrogen) atoms. The Hall–Kier alpha value is -2.42. The zero-order valence-corrected chi connectivity index (χ0v) is 23.3. The first kappa shape index (κ1) is 27.6. The number of hydrogen-bond donors (Lipinski definition) is 2. The van der Waals surface area contributed by atoms with E-state index in [1.54, 1.807) is 63.4 Å². The highest BCUT2D eigenvalue weighted by Crippen LogP contribution is 2.36. The monoisotopic (exact) mass is 560 g/mol. The van der Waals surface area contributed by atoms with Crippen molar-refractivity contribution in [2.75, 3.05) is 12.4 Å². The number of rotatable bonds is 8. The van der Waals surface area contributed by atoms with Gasteiger partial charge < -0.3 is 14.8 Å². The molecule has 0 fully saturated rings. The van der Waals surface area contributed by atoms with Crippen molar-refractivity contribution in [3.63, 3.8) is 0 Å². The Kier molecular flexibility index (Phi) is 7.75. The van der Waals surface area contributed by atoms with Crippen LogP contribution in [0.5, 0.6) is 0 Å². The van der Waals surface area contributed by atoms with Gasteiger partial charge in [-0.15, -0.1) is 0 Å². The van der Waals surface area contributed by atoms with Crippen molar-refractivity contribution in [3.8, 4) is 0 Å². The van der Waals surface area contributed by atoms with Gasteiger partial charge >= 0.3 is 0 Å². The van der Waals surface area contributed by atoms with E-state index in [2.05, 4.69) is 0 Å². The van der Waals surface area contributed by atoms with Crippen molar-refractivity contribution in [2.45, 2.75) is 49.6 Å². The van der Waals surface area contributed by atoms with Gasteiger partial charge in [0.1, 0.15) is 11.4 Å². The summed E-state index contributed by atoms with van der Waals surface area (Å²) in [4.78, 5) is 5.00. The zero-order valence-electron chi connectivity index (χ0n) is 20.9. The fraction of sp³-hybridized carbons (Fsp3) is 0.321. The van der Waals surface area contributed by atoms with Gasteiger partial charge in [-0.1, -0.05) is 66.6 Å². The van der Waals surface area contributed by atoms with Crippen molar-refractivity contribution in [3.05, 3.63) is 99.6 Å². The normalized spacial score (nSPS) is 18.2. The summed E-state index contributed by atoms with van der Waals surface area (Å²) in [6.07, 6.45) is 8.24. The Morgan fingerprint density at radius 1 is 1.14 bits per heavy atom. The van der Waals surface area contributed by atoms with Crippen LogP contribution in [0.2, 0.25) is 10.0 Å². The first-order valence-corrected chi connectivity index (χ1v) is 14.4. The third-order valence-electron chi connectivity index (χ3n) is 6.71. The lowest BCUT2D eigenvalue weighted by Crippen LogP contribution is -2.37. The zero-order chi connectivity index (χ0) is 27.0. The van der Waals surface area contributed by atoms with Gasteiger partial charge in [-0.2, -0.15) is 0 Å². The Balaban J connectivity index is 1.75. The fourth-order valence-corrected chi connectivity index (χ4v) is 5.83. The number of benzene rings is 2. The molecule has 2 aromatic carbocycles. The molecular formula is C28H30Cl2N2O4S. The van der Waals surface area contributed by atoms with Crippen LogP contribution in [0.1, 0.15) is 49.8 Å². The summed E-state index contributed by atoms with van der Waals surface area (Å²) in [5.41, 5.74) is 0.734. The van der Waals surface area contributed by atoms with E-state index in [-0.39, 0.29) is 17.3 Å². The maximum absolute atomic E-state index is 12.4. The average Bonchev–Trinajstić information content (AvgIpc) is 3.32. The van der Waals surface area contributed by atoms with Crippen LogP contribution < -0.4 is 0 Å². The van der Waals surface area contributed by atoms with Crippen LogP contribution in [0.4, 0.5) is 0 Å². The smallest absolute Gasteiger partial charge is 0.178 e. The van der Waals surface area contributed by atoms with Gasteiger partial charge in [0.25, 0.3) is 0 Å². The Morgan fingerprint density at radius 3 is 2.38 bits per heavy atom. The van der Waals surface area contributed by atoms with E-state index in [1.807, 2.05) is 28.9 Å². The van der Waals surface area contributed by atoms with Crippen LogP contribution in [0.15, 0.2) is 71.8 Å². The maximum Gasteiger partial charge on any atom is 0.178 e. The van der Waals surface area contributed by atoms with Crippen LogP contribution in [-0.4, -0.2) is 40.5 Å². The highest BCUT2D eigenvalue weighted by atomic mass is 35.5. The van der Waals surface area contributed by atoms with Gasteiger partial charge in [0, 0.05) is 22.7 Å². The minimum Gasteiger partial charge on any atom is -0.394 e. The molecule has 1 aliphatic carbocycles. The molecule has 0 spiro atoms. The highest BCUT2D eigenvalue weighted by molar-refractivity contribution is 7.91. The van der Waals surface area contributed by atoms with E-state index in [4.69, 9.17) is 28.2 Å². The van der Waals surface area contributed by atoms with E-state index in [0.717, 1.165) is 11.1 Å². The molecule has 1 atom stereocenters. The molecule has 1 unspecified atom stereocenters. The van der Waals surface area contributed by atoms with Crippen molar-refractivity contribution in [1.29, 1.82) is 0 Å². The summed E-state index contributed by atoms with van der Waals surface area (Å²) in [7, 11) is -3.33. The second-order valence-corrected chi connectivity index (χ2v) is 12.8. The molecule has 1 heterocycles. The molecule has 0 saturated heterocycles. The Bertz CT molecular complexity index is 1470. The largest absolute Gasteiger partial charge is 0.394 e. The van der Waals surface area contributed by atoms with Gasteiger partial charge in [0.05, 0.1) is 28.5 Å². The molecule has 3 aromatic rings. The lowest BCUT2D eigenvalue weighted by Gasteiger charge is -2.34. The van der Waals surface area contributed by atoms with Gasteiger partial charge in [-0.25, -0.2) is 13.4 Å². The van der Waals surface area contributed by atoms with Crippen LogP contribution in [0.25, 0.3) is 5.57 Å². The first-order valence-electron chi connectivity index (χ1n) is 12.0. The van der Waals surface area contributed by atoms with Gasteiger partial charge in [0.15, 0.2) is 9.84 Å². The molecule has 1 aliphatic rings. The van der Waals surface area contributed by atoms with Crippen molar-refractivity contribution < 1.29 is 18.6 Å². The predicted octanol–water partition coefficient (Wildman–Crippen LogP) is 5.53. The third-order valence-corrected chi connectivity index (χ3v) is 9.15. The Morgan fingerprint density at radius 2 is 1.81 bits per heavy atom. The summed E-state index contributed by atoms with van der Waals surface area (Å²) in [5, 5.41) is 22.3. The first-order chi connectivity index (χ1) is 17.4. The number of allylic oxidation sites excluding steroid dienone is 3. The van der Waals surface area contributed by atoms with Crippen LogP contribution in [0.3, 0.4) is 0 Å². The number of hydrogen-bond acceptors (Lipinski definition) is 5. The van der Waals surface area contributed by atoms with E-state index < -0.39 is 21.0 Å². The molecule has 0 saturated carbocycles. The quantitative estimate of drug-likeness (QED) is 0.377. The van der Waals surface area contributed by atoms with Crippen molar-refractivity contribution in [1.82, 2.24) is 9.55 Å². The lowest BCUT2D eigenvalue weighted by atomic mass is 9.86. The van der Waals surface area contributed by atoms with Crippen molar-refractivity contribution in [2.24, 2.45) is 0 Å². The van der Waals surface area contributed by atoms with Crippen LogP contribution in [-0.2, 0) is 27.4 Å². The number of sulfone groups is 1. The SMILES string of the molecule is CCS(=O)(=O)c1cccc(C2=CCC(CO)(n3cc(C(C)(C)O)nc3Cc3c(Cl)cccc3Cl)C=C2)c1. The van der Waals surface area contributed by atoms with Crippen molar-refractivity contribution >= 4 is 38.6 Å². The summed E-state index contributed by atoms with van der Waals surface area (Å²) >= 11 is 12.9. The molecule has 6 nitrogen and oxygen atoms in total. The molecule has 9 heteroatoms. The van der Waals surface area contributed by atoms with Gasteiger partial charge in [0.2, 0.25) is 0 Å². The highest BCUT2D eigenvalue weighted by Gasteiger charge is 2.35. The minimum absolute atomic E-state index is 0.0291. The number of nitrogens with zero attached hydrogens (tertiary/aromatic N) is 2. The molecule has 0 amide bonds. The number of imidazole rings is 1. The third kappa shape index (κ3) is 5.56.